The van der Waals surface area contributed by atoms with Gasteiger partial charge in [-0.3, -0.25) is 14.5 Å². The summed E-state index contributed by atoms with van der Waals surface area (Å²) < 4.78 is 56.7. The van der Waals surface area contributed by atoms with Gasteiger partial charge in [-0.05, 0) is 92.5 Å². The molecule has 6 aliphatic rings. The fourth-order valence-corrected chi connectivity index (χ4v) is 10.7. The van der Waals surface area contributed by atoms with Crippen molar-refractivity contribution in [2.24, 2.45) is 23.7 Å². The van der Waals surface area contributed by atoms with Gasteiger partial charge in [-0.2, -0.15) is 13.2 Å². The molecule has 1 spiro atoms. The predicted octanol–water partition coefficient (Wildman–Crippen LogP) is 5.46. The normalized spacial score (nSPS) is 33.8. The number of hydrogen-bond donors (Lipinski definition) is 4. The van der Waals surface area contributed by atoms with Crippen molar-refractivity contribution >= 4 is 11.8 Å². The quantitative estimate of drug-likeness (QED) is 0.0842. The standard InChI is InChI=1S/C44H52F3NO9/c1-25-22-48(23-26-11-12-26)37-19-27-13-16-36(40-39(27)43(25)41(57-40)33(50)17-18-42(37,43)54)56-38(53)10-5-3-2-4-9-31-32(35(52)21-34(31)51)15-14-29(49)24-55-30-8-6-7-28(20-30)44(45,46)47/h2,4,6-8,13-16,20,25-26,29,31-32,34-35,37,41,49,51-52,54H,3,5,9-12,17-19,21-24H2,1H3/b4-2-,15-14+/t25-,29+,31+,32+,34-,35+,37+,41-,42+,43?/m0/s1. The van der Waals surface area contributed by atoms with E-state index in [1.807, 2.05) is 18.2 Å². The van der Waals surface area contributed by atoms with Crippen LogP contribution in [-0.4, -0.2) is 92.8 Å². The molecular formula is C44H52F3NO9. The first kappa shape index (κ1) is 40.0. The van der Waals surface area contributed by atoms with Crippen LogP contribution in [0, 0.1) is 23.7 Å². The minimum atomic E-state index is -4.52. The number of carbonyl (C=O) groups excluding carboxylic acids is 2. The zero-order chi connectivity index (χ0) is 40.3. The third-order valence-corrected chi connectivity index (χ3v) is 13.5. The van der Waals surface area contributed by atoms with E-state index in [0.717, 1.165) is 36.3 Å². The number of ketones is 1. The Kier molecular flexibility index (Phi) is 10.9. The zero-order valence-electron chi connectivity index (χ0n) is 32.1. The number of rotatable bonds is 14. The summed E-state index contributed by atoms with van der Waals surface area (Å²) in [6, 6.07) is 8.02. The van der Waals surface area contributed by atoms with Crippen molar-refractivity contribution < 1.29 is 57.4 Å². The van der Waals surface area contributed by atoms with Gasteiger partial charge in [0.15, 0.2) is 23.4 Å². The molecule has 10 nitrogen and oxygen atoms in total. The van der Waals surface area contributed by atoms with Gasteiger partial charge in [-0.1, -0.05) is 43.4 Å². The highest BCUT2D eigenvalue weighted by molar-refractivity contribution is 5.90. The number of alkyl halides is 3. The highest BCUT2D eigenvalue weighted by Crippen LogP contribution is 2.66. The van der Waals surface area contributed by atoms with Crippen LogP contribution >= 0.6 is 0 Å². The first-order valence-corrected chi connectivity index (χ1v) is 20.4. The van der Waals surface area contributed by atoms with Crippen LogP contribution in [0.1, 0.15) is 81.4 Å². The topological polar surface area (TPSA) is 146 Å². The molecule has 308 valence electrons. The Balaban J connectivity index is 0.848. The average molecular weight is 796 g/mol. The Hall–Kier alpha value is -3.75. The molecule has 57 heavy (non-hydrogen) atoms. The third kappa shape index (κ3) is 7.32. The number of piperidine rings is 1. The molecule has 2 aliphatic heterocycles. The molecule has 2 bridgehead atoms. The summed E-state index contributed by atoms with van der Waals surface area (Å²) >= 11 is 0. The van der Waals surface area contributed by atoms with E-state index in [1.165, 1.54) is 31.1 Å². The molecule has 4 fully saturated rings. The summed E-state index contributed by atoms with van der Waals surface area (Å²) in [4.78, 5) is 29.1. The highest BCUT2D eigenvalue weighted by Gasteiger charge is 2.75. The number of aliphatic hydroxyl groups is 4. The van der Waals surface area contributed by atoms with Crippen LogP contribution < -0.4 is 14.2 Å². The lowest BCUT2D eigenvalue weighted by atomic mass is 9.46. The molecule has 0 aromatic heterocycles. The van der Waals surface area contributed by atoms with E-state index < -0.39 is 59.1 Å². The van der Waals surface area contributed by atoms with Crippen LogP contribution in [0.4, 0.5) is 13.2 Å². The van der Waals surface area contributed by atoms with Crippen LogP contribution in [0.5, 0.6) is 17.2 Å². The second kappa shape index (κ2) is 15.4. The Morgan fingerprint density at radius 1 is 1.14 bits per heavy atom. The largest absolute Gasteiger partial charge is 0.491 e. The Bertz CT molecular complexity index is 1910. The molecule has 10 atom stereocenters. The molecule has 1 saturated heterocycles. The molecule has 4 aliphatic carbocycles. The lowest BCUT2D eigenvalue weighted by Crippen LogP contribution is -2.79. The van der Waals surface area contributed by atoms with E-state index in [-0.39, 0.29) is 61.0 Å². The first-order valence-electron chi connectivity index (χ1n) is 20.4. The predicted molar refractivity (Wildman–Crippen MR) is 202 cm³/mol. The summed E-state index contributed by atoms with van der Waals surface area (Å²) in [7, 11) is 0. The van der Waals surface area contributed by atoms with E-state index in [1.54, 1.807) is 12.1 Å². The molecule has 2 aromatic rings. The summed E-state index contributed by atoms with van der Waals surface area (Å²) in [5, 5.41) is 44.3. The van der Waals surface area contributed by atoms with Crippen LogP contribution in [0.25, 0.3) is 0 Å². The molecule has 1 unspecified atom stereocenters. The SMILES string of the molecule is C[C@H]1CN(CC2CC2)[C@@H]2Cc3ccc(OC(=O)CCC/C=C\C[C@@H]4[C@@H](/C=C/[C@@H](O)COc5cccc(C(F)(F)F)c5)[C@H](O)C[C@@H]4O)c4c3C13[C@@H](O4)C(=O)CC[C@@]23O. The smallest absolute Gasteiger partial charge is 0.416 e. The fraction of sp³-hybridized carbons (Fsp3) is 0.591. The van der Waals surface area contributed by atoms with Gasteiger partial charge in [0.1, 0.15) is 18.5 Å². The van der Waals surface area contributed by atoms with Gasteiger partial charge in [0, 0.05) is 49.9 Å². The van der Waals surface area contributed by atoms with E-state index in [4.69, 9.17) is 14.2 Å². The number of allylic oxidation sites excluding steroid dienone is 2. The fourth-order valence-electron chi connectivity index (χ4n) is 10.7. The number of carbonyl (C=O) groups is 2. The molecule has 4 N–H and O–H groups in total. The van der Waals surface area contributed by atoms with Crippen molar-refractivity contribution in [3.8, 4) is 17.2 Å². The molecule has 2 heterocycles. The van der Waals surface area contributed by atoms with E-state index >= 15 is 0 Å². The number of ether oxygens (including phenoxy) is 3. The van der Waals surface area contributed by atoms with Gasteiger partial charge in [0.25, 0.3) is 0 Å². The average Bonchev–Trinajstić information content (AvgIpc) is 3.83. The lowest BCUT2D eigenvalue weighted by molar-refractivity contribution is -0.205. The monoisotopic (exact) mass is 795 g/mol. The summed E-state index contributed by atoms with van der Waals surface area (Å²) in [5.41, 5.74) is -0.971. The van der Waals surface area contributed by atoms with Crippen molar-refractivity contribution in [3.63, 3.8) is 0 Å². The Morgan fingerprint density at radius 3 is 2.72 bits per heavy atom. The number of likely N-dealkylation sites (tertiary alicyclic amines) is 1. The number of aliphatic hydroxyl groups excluding tert-OH is 3. The van der Waals surface area contributed by atoms with Gasteiger partial charge in [0.2, 0.25) is 0 Å². The van der Waals surface area contributed by atoms with Crippen molar-refractivity contribution in [2.45, 2.75) is 119 Å². The maximum Gasteiger partial charge on any atom is 0.416 e. The Labute approximate surface area is 330 Å². The molecule has 13 heteroatoms. The maximum absolute atomic E-state index is 13.5. The molecular weight excluding hydrogens is 743 g/mol. The number of Topliss-reactive ketones (excluding diaryl/α,β-unsaturated/α-hetero) is 1. The first-order chi connectivity index (χ1) is 27.2. The lowest BCUT2D eigenvalue weighted by Gasteiger charge is -2.65. The summed E-state index contributed by atoms with van der Waals surface area (Å²) in [6.07, 6.45) is 4.27. The van der Waals surface area contributed by atoms with Crippen molar-refractivity contribution in [2.75, 3.05) is 19.7 Å². The number of nitrogens with zero attached hydrogens (tertiary/aromatic N) is 1. The third-order valence-electron chi connectivity index (χ3n) is 13.5. The number of hydrogen-bond acceptors (Lipinski definition) is 10. The second-order valence-corrected chi connectivity index (χ2v) is 17.2. The zero-order valence-corrected chi connectivity index (χ0v) is 32.1. The number of esters is 1. The van der Waals surface area contributed by atoms with Gasteiger partial charge in [0.05, 0.1) is 28.8 Å². The molecule has 3 saturated carbocycles. The molecule has 0 amide bonds. The van der Waals surface area contributed by atoms with Crippen molar-refractivity contribution in [1.29, 1.82) is 0 Å². The summed E-state index contributed by atoms with van der Waals surface area (Å²) in [6.45, 7) is 3.57. The van der Waals surface area contributed by atoms with Gasteiger partial charge < -0.3 is 34.6 Å². The number of benzene rings is 2. The molecule has 2 aromatic carbocycles. The van der Waals surface area contributed by atoms with Crippen LogP contribution in [-0.2, 0) is 27.6 Å². The van der Waals surface area contributed by atoms with Crippen LogP contribution in [0.3, 0.4) is 0 Å². The molecule has 0 radical (unpaired) electrons. The van der Waals surface area contributed by atoms with Gasteiger partial charge in [-0.25, -0.2) is 0 Å². The van der Waals surface area contributed by atoms with E-state index in [2.05, 4.69) is 11.8 Å². The highest BCUT2D eigenvalue weighted by atomic mass is 19.4. The van der Waals surface area contributed by atoms with Gasteiger partial charge >= 0.3 is 12.1 Å². The minimum Gasteiger partial charge on any atom is -0.491 e. The van der Waals surface area contributed by atoms with E-state index in [9.17, 15) is 43.2 Å². The number of halogens is 3. The second-order valence-electron chi connectivity index (χ2n) is 17.2. The van der Waals surface area contributed by atoms with Crippen LogP contribution in [0.15, 0.2) is 60.7 Å². The van der Waals surface area contributed by atoms with Crippen molar-refractivity contribution in [1.82, 2.24) is 4.90 Å². The van der Waals surface area contributed by atoms with Crippen LogP contribution in [0.2, 0.25) is 0 Å². The van der Waals surface area contributed by atoms with Crippen molar-refractivity contribution in [3.05, 3.63) is 77.4 Å². The Morgan fingerprint density at radius 2 is 1.95 bits per heavy atom. The van der Waals surface area contributed by atoms with Gasteiger partial charge in [-0.15, -0.1) is 0 Å². The maximum atomic E-state index is 13.5. The van der Waals surface area contributed by atoms with E-state index in [0.29, 0.717) is 43.8 Å². The summed E-state index contributed by atoms with van der Waals surface area (Å²) in [5.74, 6) is 0.0376. The molecule has 8 rings (SSSR count). The number of unbranched alkanes of at least 4 members (excludes halogenated alkanes) is 1. The minimum absolute atomic E-state index is 0.0179.